The molecule has 0 radical (unpaired) electrons. The Hall–Kier alpha value is 7.90. The largest absolute Gasteiger partial charge is 1.00 e. The quantitative estimate of drug-likeness (QED) is 0.300. The Morgan fingerprint density at radius 1 is 0.200 bits per heavy atom. The van der Waals surface area contributed by atoms with Crippen LogP contribution in [0.2, 0.25) is 0 Å². The van der Waals surface area contributed by atoms with Gasteiger partial charge in [-0.2, -0.15) is 0 Å². The van der Waals surface area contributed by atoms with Crippen molar-refractivity contribution in [2.75, 3.05) is 0 Å². The molecule has 0 aromatic heterocycles. The van der Waals surface area contributed by atoms with Gasteiger partial charge >= 0.3 is 148 Å². The second-order valence-corrected chi connectivity index (χ2v) is 0. The van der Waals surface area contributed by atoms with Gasteiger partial charge < -0.3 is 7.13 Å². The molecule has 0 heterocycles. The molecule has 0 aromatic carbocycles. The predicted octanol–water partition coefficient (Wildman–Crippen LogP) is -10.2. The molecule has 0 amide bonds. The van der Waals surface area contributed by atoms with E-state index >= 15 is 0 Å². The molecule has 0 rings (SSSR count). The number of hydrogen-bond acceptors (Lipinski definition) is 0. The van der Waals surface area contributed by atoms with Crippen LogP contribution < -0.4 is 148 Å². The molecule has 0 saturated heterocycles. The van der Waals surface area contributed by atoms with Crippen molar-refractivity contribution >= 4 is 124 Å². The third-order valence-corrected chi connectivity index (χ3v) is 0. The molecule has 0 unspecified atom stereocenters. The molecule has 0 atom stereocenters. The number of halogens is 10. The van der Waals surface area contributed by atoms with Crippen LogP contribution in [0.1, 0.15) is 7.13 Å². The normalized spacial score (nSPS) is 0. The average molecular weight is 485 g/mol. The first-order valence-electron chi connectivity index (χ1n) is 0. The van der Waals surface area contributed by atoms with Gasteiger partial charge in [0.05, 0.1) is 0 Å². The van der Waals surface area contributed by atoms with E-state index in [2.05, 4.69) is 0 Å². The minimum absolute atomic E-state index is 0. The van der Waals surface area contributed by atoms with E-state index in [1.165, 1.54) is 0 Å². The van der Waals surface area contributed by atoms with Gasteiger partial charge in [0.25, 0.3) is 0 Å². The Labute approximate surface area is 272 Å². The first-order chi connectivity index (χ1) is 0. The fourth-order valence-electron chi connectivity index (χ4n) is 0. The van der Waals surface area contributed by atoms with Crippen molar-refractivity contribution in [1.29, 1.82) is 0 Å². The summed E-state index contributed by atoms with van der Waals surface area (Å²) in [6.07, 6.45) is 0. The molecule has 0 nitrogen and oxygen atoms in total. The molecule has 0 saturated carbocycles. The molecular weight excluding hydrogens is 469 g/mol. The van der Waals surface area contributed by atoms with Crippen LogP contribution in [0.15, 0.2) is 0 Å². The summed E-state index contributed by atoms with van der Waals surface area (Å²) in [4.78, 5) is 0. The maximum absolute atomic E-state index is 0. The predicted molar refractivity (Wildman–Crippen MR) is 78.0 cm³/mol. The van der Waals surface area contributed by atoms with Crippen LogP contribution >= 0.6 is 124 Å². The molecule has 0 fully saturated rings. The third-order valence-electron chi connectivity index (χ3n) is 0. The van der Waals surface area contributed by atoms with E-state index in [9.17, 15) is 0 Å². The first kappa shape index (κ1) is 176. The molecule has 0 bridgehead atoms. The van der Waals surface area contributed by atoms with Crippen LogP contribution in [-0.4, -0.2) is 0 Å². The van der Waals surface area contributed by atoms with Gasteiger partial charge in [0.15, 0.2) is 0 Å². The fraction of sp³-hybridized carbons (Fsp3) is 0. The molecule has 0 aromatic rings. The topological polar surface area (TPSA) is 0 Å². The van der Waals surface area contributed by atoms with Crippen molar-refractivity contribution in [2.45, 2.75) is 0 Å². The summed E-state index contributed by atoms with van der Waals surface area (Å²) in [6, 6.07) is 0. The zero-order valence-electron chi connectivity index (χ0n) is 14.1. The summed E-state index contributed by atoms with van der Waals surface area (Å²) < 4.78 is 0. The maximum Gasteiger partial charge on any atom is 1.00 e. The summed E-state index contributed by atoms with van der Waals surface area (Å²) >= 11 is 0. The van der Waals surface area contributed by atoms with Gasteiger partial charge in [-0.1, -0.05) is 0 Å². The third kappa shape index (κ3) is 139. The van der Waals surface area contributed by atoms with E-state index in [1.54, 1.807) is 0 Å². The Morgan fingerprint density at radius 2 is 0.200 bits per heavy atom. The van der Waals surface area contributed by atoms with Crippen molar-refractivity contribution in [1.82, 2.24) is 0 Å². The molecule has 15 heteroatoms. The Morgan fingerprint density at radius 3 is 0.200 bits per heavy atom. The zero-order chi connectivity index (χ0) is 0. The Balaban J connectivity index is 0. The van der Waals surface area contributed by atoms with Crippen LogP contribution in [0, 0.1) is 0 Å². The minimum atomic E-state index is 0. The van der Waals surface area contributed by atoms with E-state index in [0.717, 1.165) is 0 Å². The van der Waals surface area contributed by atoms with E-state index in [1.807, 2.05) is 0 Å². The average Bonchev–Trinajstić information content (AvgIpc) is 0. The van der Waals surface area contributed by atoms with Gasteiger partial charge in [-0.15, -0.1) is 124 Å². The van der Waals surface area contributed by atoms with Crippen molar-refractivity contribution in [3.05, 3.63) is 0 Å². The standard InChI is InChI=1S/10ClH.5Na.5H/h10*1H;;;;;;;;;;/q;;;;;;;;;;5*+1;5*-1. The van der Waals surface area contributed by atoms with Gasteiger partial charge in [0.2, 0.25) is 0 Å². The maximum atomic E-state index is 0. The Kier molecular flexibility index (Phi) is 1800. The molecular formula is H15Cl10Na5. The molecule has 90 valence electrons. The van der Waals surface area contributed by atoms with E-state index in [0.29, 0.717) is 0 Å². The van der Waals surface area contributed by atoms with E-state index < -0.39 is 0 Å². The summed E-state index contributed by atoms with van der Waals surface area (Å²) in [5.74, 6) is 0. The van der Waals surface area contributed by atoms with Crippen molar-refractivity contribution in [3.63, 3.8) is 0 Å². The molecule has 0 N–H and O–H groups in total. The monoisotopic (exact) mass is 480 g/mol. The van der Waals surface area contributed by atoms with Crippen LogP contribution in [0.5, 0.6) is 0 Å². The smallest absolute Gasteiger partial charge is 1.00 e. The minimum Gasteiger partial charge on any atom is -1.00 e. The second-order valence-electron chi connectivity index (χ2n) is 0. The molecule has 0 aliphatic carbocycles. The molecule has 0 aliphatic heterocycles. The summed E-state index contributed by atoms with van der Waals surface area (Å²) in [6.45, 7) is 0. The Bertz CT molecular complexity index is 30.0. The van der Waals surface area contributed by atoms with Crippen molar-refractivity contribution in [3.8, 4) is 0 Å². The number of hydrogen-bond donors (Lipinski definition) is 0. The van der Waals surface area contributed by atoms with Crippen LogP contribution in [0.3, 0.4) is 0 Å². The SMILES string of the molecule is Cl.Cl.Cl.Cl.Cl.Cl.Cl.Cl.Cl.Cl.[H-].[H-].[H-].[H-].[H-].[Na+].[Na+].[Na+].[Na+].[Na+]. The van der Waals surface area contributed by atoms with Gasteiger partial charge in [-0.3, -0.25) is 0 Å². The molecule has 15 heavy (non-hydrogen) atoms. The molecule has 0 spiro atoms. The summed E-state index contributed by atoms with van der Waals surface area (Å²) in [5, 5.41) is 0. The van der Waals surface area contributed by atoms with E-state index in [-0.39, 0.29) is 279 Å². The number of rotatable bonds is 0. The van der Waals surface area contributed by atoms with Gasteiger partial charge in [-0.25, -0.2) is 0 Å². The summed E-state index contributed by atoms with van der Waals surface area (Å²) in [7, 11) is 0. The van der Waals surface area contributed by atoms with E-state index in [4.69, 9.17) is 0 Å². The van der Waals surface area contributed by atoms with Crippen LogP contribution in [0.4, 0.5) is 0 Å². The van der Waals surface area contributed by atoms with Crippen LogP contribution in [0.25, 0.3) is 0 Å². The zero-order valence-corrected chi connectivity index (χ0v) is 27.2. The van der Waals surface area contributed by atoms with Crippen molar-refractivity contribution < 1.29 is 155 Å². The second kappa shape index (κ2) is 153. The first-order valence-corrected chi connectivity index (χ1v) is 0. The van der Waals surface area contributed by atoms with Crippen molar-refractivity contribution in [2.24, 2.45) is 0 Å². The summed E-state index contributed by atoms with van der Waals surface area (Å²) in [5.41, 5.74) is 0. The van der Waals surface area contributed by atoms with Gasteiger partial charge in [-0.05, 0) is 0 Å². The van der Waals surface area contributed by atoms with Gasteiger partial charge in [0, 0.05) is 0 Å². The van der Waals surface area contributed by atoms with Gasteiger partial charge in [0.1, 0.15) is 0 Å². The molecule has 0 aliphatic rings. The fourth-order valence-corrected chi connectivity index (χ4v) is 0. The van der Waals surface area contributed by atoms with Crippen LogP contribution in [-0.2, 0) is 0 Å².